The predicted octanol–water partition coefficient (Wildman–Crippen LogP) is 4.74. The summed E-state index contributed by atoms with van der Waals surface area (Å²) in [4.78, 5) is 28.6. The van der Waals surface area contributed by atoms with E-state index in [9.17, 15) is 18.0 Å². The highest BCUT2D eigenvalue weighted by Gasteiger charge is 2.56. The van der Waals surface area contributed by atoms with Gasteiger partial charge in [-0.2, -0.15) is 8.42 Å². The first-order chi connectivity index (χ1) is 16.0. The maximum atomic E-state index is 13.6. The first kappa shape index (κ1) is 29.4. The standard InChI is InChI=1S/C24H37NO7S2Si/c1-10-18(31-34(7,28)29)20(23(27)30-6)25-21(26)19(16(2)32-35(8,9)24(3,4)5)22(25)33-17-14-12-11-13-15-17/h11-16,19,22H,10H2,1-9H3/t16-,19+,22-/m1/s1. The molecule has 35 heavy (non-hydrogen) atoms. The molecule has 1 aromatic rings. The van der Waals surface area contributed by atoms with Gasteiger partial charge in [0.25, 0.3) is 0 Å². The van der Waals surface area contributed by atoms with E-state index in [1.807, 2.05) is 37.3 Å². The van der Waals surface area contributed by atoms with Crippen molar-refractivity contribution >= 4 is 42.1 Å². The normalized spacial score (nSPS) is 20.6. The molecule has 0 unspecified atom stereocenters. The number of carbonyl (C=O) groups excluding carboxylic acids is 2. The first-order valence-electron chi connectivity index (χ1n) is 11.5. The molecule has 0 saturated carbocycles. The fourth-order valence-corrected chi connectivity index (χ4v) is 6.91. The van der Waals surface area contributed by atoms with E-state index in [4.69, 9.17) is 13.3 Å². The van der Waals surface area contributed by atoms with Crippen molar-refractivity contribution in [2.24, 2.45) is 5.92 Å². The summed E-state index contributed by atoms with van der Waals surface area (Å²) < 4.78 is 40.4. The Kier molecular flexibility index (Phi) is 9.29. The smallest absolute Gasteiger partial charge is 0.358 e. The minimum Gasteiger partial charge on any atom is -0.464 e. The summed E-state index contributed by atoms with van der Waals surface area (Å²) in [6.45, 7) is 14.2. The summed E-state index contributed by atoms with van der Waals surface area (Å²) in [5.41, 5.74) is -0.199. The number of nitrogens with zero attached hydrogens (tertiary/aromatic N) is 1. The SMILES string of the molecule is CCC(OS(C)(=O)=O)=C(C(=O)OC)N1C(=O)[C@H]([C@@H](C)O[Si](C)(C)C(C)(C)C)[C@H]1Sc1ccccc1. The van der Waals surface area contributed by atoms with E-state index in [1.54, 1.807) is 6.92 Å². The molecule has 2 rings (SSSR count). The Labute approximate surface area is 214 Å². The maximum absolute atomic E-state index is 13.6. The van der Waals surface area contributed by atoms with Crippen LogP contribution in [0.3, 0.4) is 0 Å². The summed E-state index contributed by atoms with van der Waals surface area (Å²) >= 11 is 1.41. The Hall–Kier alpha value is -1.82. The van der Waals surface area contributed by atoms with Crippen LogP contribution in [-0.4, -0.2) is 58.4 Å². The van der Waals surface area contributed by atoms with Gasteiger partial charge < -0.3 is 13.3 Å². The molecule has 0 N–H and O–H groups in total. The van der Waals surface area contributed by atoms with Crippen LogP contribution in [0.2, 0.25) is 18.1 Å². The van der Waals surface area contributed by atoms with Crippen LogP contribution < -0.4 is 0 Å². The van der Waals surface area contributed by atoms with Crippen molar-refractivity contribution in [1.82, 2.24) is 4.90 Å². The molecule has 0 bridgehead atoms. The number of carbonyl (C=O) groups is 2. The molecule has 0 aromatic heterocycles. The van der Waals surface area contributed by atoms with Gasteiger partial charge in [-0.05, 0) is 37.2 Å². The number of allylic oxidation sites excluding steroid dienone is 1. The van der Waals surface area contributed by atoms with E-state index in [0.717, 1.165) is 11.2 Å². The van der Waals surface area contributed by atoms with Crippen molar-refractivity contribution < 1.29 is 31.4 Å². The van der Waals surface area contributed by atoms with E-state index in [2.05, 4.69) is 33.9 Å². The molecular weight excluding hydrogens is 506 g/mol. The number of rotatable bonds is 10. The van der Waals surface area contributed by atoms with Gasteiger partial charge in [-0.25, -0.2) is 4.79 Å². The Morgan fingerprint density at radius 2 is 1.77 bits per heavy atom. The highest BCUT2D eigenvalue weighted by Crippen LogP contribution is 2.47. The Balaban J connectivity index is 2.56. The van der Waals surface area contributed by atoms with Crippen molar-refractivity contribution in [3.05, 3.63) is 41.8 Å². The van der Waals surface area contributed by atoms with Crippen LogP contribution in [0.1, 0.15) is 41.0 Å². The van der Waals surface area contributed by atoms with Gasteiger partial charge in [0.15, 0.2) is 19.8 Å². The van der Waals surface area contributed by atoms with E-state index in [1.165, 1.54) is 23.8 Å². The molecule has 0 aliphatic carbocycles. The van der Waals surface area contributed by atoms with E-state index in [0.29, 0.717) is 0 Å². The van der Waals surface area contributed by atoms with Crippen LogP contribution in [0.5, 0.6) is 0 Å². The zero-order valence-electron chi connectivity index (χ0n) is 21.9. The van der Waals surface area contributed by atoms with Gasteiger partial charge in [0, 0.05) is 11.3 Å². The molecule has 1 amide bonds. The van der Waals surface area contributed by atoms with Crippen molar-refractivity contribution in [3.8, 4) is 0 Å². The van der Waals surface area contributed by atoms with Crippen molar-refractivity contribution in [3.63, 3.8) is 0 Å². The third-order valence-electron chi connectivity index (χ3n) is 6.33. The van der Waals surface area contributed by atoms with E-state index >= 15 is 0 Å². The zero-order valence-corrected chi connectivity index (χ0v) is 24.6. The van der Waals surface area contributed by atoms with Gasteiger partial charge in [0.2, 0.25) is 5.91 Å². The van der Waals surface area contributed by atoms with Crippen molar-refractivity contribution in [1.29, 1.82) is 0 Å². The maximum Gasteiger partial charge on any atom is 0.358 e. The number of likely N-dealkylation sites (tertiary alicyclic amines) is 1. The highest BCUT2D eigenvalue weighted by atomic mass is 32.2. The van der Waals surface area contributed by atoms with Crippen LogP contribution in [0, 0.1) is 5.92 Å². The number of amides is 1. The van der Waals surface area contributed by atoms with Gasteiger partial charge >= 0.3 is 16.1 Å². The third-order valence-corrected chi connectivity index (χ3v) is 12.7. The summed E-state index contributed by atoms with van der Waals surface area (Å²) in [7, 11) is -4.94. The van der Waals surface area contributed by atoms with E-state index in [-0.39, 0.29) is 28.8 Å². The fourth-order valence-electron chi connectivity index (χ4n) is 3.53. The summed E-state index contributed by atoms with van der Waals surface area (Å²) in [5, 5.41) is -0.575. The number of benzene rings is 1. The zero-order chi connectivity index (χ0) is 26.8. The minimum absolute atomic E-state index is 0.0500. The second-order valence-corrected chi connectivity index (χ2v) is 17.6. The molecule has 0 radical (unpaired) electrons. The van der Waals surface area contributed by atoms with Crippen LogP contribution in [-0.2, 0) is 33.1 Å². The third kappa shape index (κ3) is 6.90. The molecule has 1 aromatic carbocycles. The number of hydrogen-bond donors (Lipinski definition) is 0. The Bertz CT molecular complexity index is 1070. The second kappa shape index (κ2) is 11.1. The molecule has 196 valence electrons. The van der Waals surface area contributed by atoms with E-state index < -0.39 is 41.8 Å². The lowest BCUT2D eigenvalue weighted by atomic mass is 9.91. The van der Waals surface area contributed by atoms with Crippen molar-refractivity contribution in [2.75, 3.05) is 13.4 Å². The summed E-state index contributed by atoms with van der Waals surface area (Å²) in [5.74, 6) is -1.87. The molecular formula is C24H37NO7S2Si. The number of thioether (sulfide) groups is 1. The fraction of sp³-hybridized carbons (Fsp3) is 0.583. The number of hydrogen-bond acceptors (Lipinski definition) is 8. The minimum atomic E-state index is -3.93. The molecule has 8 nitrogen and oxygen atoms in total. The monoisotopic (exact) mass is 543 g/mol. The summed E-state index contributed by atoms with van der Waals surface area (Å²) in [6, 6.07) is 9.50. The van der Waals surface area contributed by atoms with Gasteiger partial charge in [0.05, 0.1) is 25.4 Å². The quantitative estimate of drug-likeness (QED) is 0.104. The van der Waals surface area contributed by atoms with Crippen LogP contribution >= 0.6 is 11.8 Å². The summed E-state index contributed by atoms with van der Waals surface area (Å²) in [6.07, 6.45) is 0.551. The number of methoxy groups -OCH3 is 1. The average molecular weight is 544 g/mol. The number of ether oxygens (including phenoxy) is 1. The lowest BCUT2D eigenvalue weighted by Gasteiger charge is -2.51. The van der Waals surface area contributed by atoms with Crippen molar-refractivity contribution in [2.45, 2.75) is 75.5 Å². The first-order valence-corrected chi connectivity index (χ1v) is 17.1. The molecule has 3 atom stereocenters. The molecule has 1 saturated heterocycles. The lowest BCUT2D eigenvalue weighted by Crippen LogP contribution is -2.64. The Morgan fingerprint density at radius 1 is 1.20 bits per heavy atom. The molecule has 11 heteroatoms. The van der Waals surface area contributed by atoms with Gasteiger partial charge in [0.1, 0.15) is 5.37 Å². The second-order valence-electron chi connectivity index (χ2n) is 10.0. The molecule has 1 aliphatic rings. The molecule has 0 spiro atoms. The Morgan fingerprint density at radius 3 is 2.23 bits per heavy atom. The lowest BCUT2D eigenvalue weighted by molar-refractivity contribution is -0.158. The van der Waals surface area contributed by atoms with Crippen LogP contribution in [0.15, 0.2) is 46.7 Å². The average Bonchev–Trinajstić information content (AvgIpc) is 2.73. The topological polar surface area (TPSA) is 99.2 Å². The van der Waals surface area contributed by atoms with Gasteiger partial charge in [-0.3, -0.25) is 9.69 Å². The molecule has 1 aliphatic heterocycles. The van der Waals surface area contributed by atoms with Gasteiger partial charge in [-0.1, -0.05) is 57.7 Å². The highest BCUT2D eigenvalue weighted by molar-refractivity contribution is 8.00. The largest absolute Gasteiger partial charge is 0.464 e. The van der Waals surface area contributed by atoms with Crippen LogP contribution in [0.25, 0.3) is 0 Å². The van der Waals surface area contributed by atoms with Gasteiger partial charge in [-0.15, -0.1) is 0 Å². The number of esters is 1. The van der Waals surface area contributed by atoms with Crippen LogP contribution in [0.4, 0.5) is 0 Å². The predicted molar refractivity (Wildman–Crippen MR) is 139 cm³/mol. The number of β-lactam (4-membered cyclic amide) rings is 1. The molecule has 1 fully saturated rings. The molecule has 1 heterocycles.